The van der Waals surface area contributed by atoms with E-state index in [1.807, 2.05) is 38.1 Å². The number of hydrogen-bond acceptors (Lipinski definition) is 6. The van der Waals surface area contributed by atoms with Crippen LogP contribution < -0.4 is 31.4 Å². The van der Waals surface area contributed by atoms with E-state index < -0.39 is 17.2 Å². The number of aryl methyl sites for hydroxylation is 2. The summed E-state index contributed by atoms with van der Waals surface area (Å²) in [6.45, 7) is 3.81. The predicted molar refractivity (Wildman–Crippen MR) is 146 cm³/mol. The molecule has 200 valence electrons. The van der Waals surface area contributed by atoms with Gasteiger partial charge in [0.05, 0.1) is 10.9 Å². The van der Waals surface area contributed by atoms with E-state index >= 15 is 0 Å². The van der Waals surface area contributed by atoms with Gasteiger partial charge in [0.15, 0.2) is 11.5 Å². The number of rotatable bonds is 8. The molecule has 1 aromatic heterocycles. The van der Waals surface area contributed by atoms with Crippen LogP contribution in [0.4, 0.5) is 5.69 Å². The third kappa shape index (κ3) is 5.54. The van der Waals surface area contributed by atoms with Crippen LogP contribution in [0.25, 0.3) is 10.9 Å². The molecule has 0 spiro atoms. The van der Waals surface area contributed by atoms with Gasteiger partial charge in [-0.25, -0.2) is 4.79 Å². The van der Waals surface area contributed by atoms with Crippen LogP contribution in [0.3, 0.4) is 0 Å². The number of aromatic nitrogens is 2. The Bertz CT molecular complexity index is 1700. The fourth-order valence-electron chi connectivity index (χ4n) is 4.48. The fraction of sp³-hybridized carbons (Fsp3) is 0.241. The zero-order valence-corrected chi connectivity index (χ0v) is 21.7. The second-order valence-electron chi connectivity index (χ2n) is 9.42. The van der Waals surface area contributed by atoms with Crippen molar-refractivity contribution in [2.24, 2.45) is 0 Å². The van der Waals surface area contributed by atoms with Crippen molar-refractivity contribution in [3.05, 3.63) is 98.2 Å². The average Bonchev–Trinajstić information content (AvgIpc) is 3.40. The minimum atomic E-state index is -0.654. The Morgan fingerprint density at radius 3 is 2.54 bits per heavy atom. The molecule has 10 nitrogen and oxygen atoms in total. The molecular formula is C29H28N4O6. The molecule has 4 aromatic rings. The Kier molecular flexibility index (Phi) is 7.18. The molecule has 0 aliphatic carbocycles. The SMILES string of the molecule is Cc1ccc(C)c(NC(=O)Cn2c(=O)n(CCC(=O)NCc3ccc4c(c3)OCO4)c(=O)c3ccccc32)c1. The third-order valence-corrected chi connectivity index (χ3v) is 6.59. The van der Waals surface area contributed by atoms with Gasteiger partial charge in [0.25, 0.3) is 5.56 Å². The van der Waals surface area contributed by atoms with Crippen molar-refractivity contribution in [3.8, 4) is 11.5 Å². The van der Waals surface area contributed by atoms with Crippen LogP contribution in [0.15, 0.2) is 70.3 Å². The van der Waals surface area contributed by atoms with Crippen molar-refractivity contribution < 1.29 is 19.1 Å². The molecule has 3 aromatic carbocycles. The molecule has 0 unspecified atom stereocenters. The van der Waals surface area contributed by atoms with E-state index in [4.69, 9.17) is 9.47 Å². The van der Waals surface area contributed by atoms with Crippen molar-refractivity contribution in [3.63, 3.8) is 0 Å². The van der Waals surface area contributed by atoms with Crippen molar-refractivity contribution >= 4 is 28.4 Å². The van der Waals surface area contributed by atoms with Gasteiger partial charge in [-0.1, -0.05) is 30.3 Å². The number of hydrogen-bond donors (Lipinski definition) is 2. The number of ether oxygens (including phenoxy) is 2. The molecule has 0 saturated heterocycles. The molecule has 1 aliphatic heterocycles. The largest absolute Gasteiger partial charge is 0.454 e. The molecule has 2 heterocycles. The van der Waals surface area contributed by atoms with E-state index in [9.17, 15) is 19.2 Å². The summed E-state index contributed by atoms with van der Waals surface area (Å²) in [6, 6.07) is 17.7. The second kappa shape index (κ2) is 10.9. The van der Waals surface area contributed by atoms with Crippen LogP contribution in [0.2, 0.25) is 0 Å². The first kappa shape index (κ1) is 25.8. The van der Waals surface area contributed by atoms with E-state index in [0.29, 0.717) is 22.7 Å². The lowest BCUT2D eigenvalue weighted by atomic mass is 10.1. The first-order chi connectivity index (χ1) is 18.8. The molecule has 0 bridgehead atoms. The lowest BCUT2D eigenvalue weighted by Gasteiger charge is -2.15. The highest BCUT2D eigenvalue weighted by Crippen LogP contribution is 2.32. The van der Waals surface area contributed by atoms with Crippen molar-refractivity contribution in [1.29, 1.82) is 0 Å². The Morgan fingerprint density at radius 2 is 1.69 bits per heavy atom. The molecule has 0 atom stereocenters. The highest BCUT2D eigenvalue weighted by atomic mass is 16.7. The van der Waals surface area contributed by atoms with Gasteiger partial charge < -0.3 is 20.1 Å². The summed E-state index contributed by atoms with van der Waals surface area (Å²) < 4.78 is 12.9. The van der Waals surface area contributed by atoms with Gasteiger partial charge in [-0.05, 0) is 60.9 Å². The summed E-state index contributed by atoms with van der Waals surface area (Å²) in [6.07, 6.45) is -0.0906. The van der Waals surface area contributed by atoms with Gasteiger partial charge in [0.1, 0.15) is 6.54 Å². The maximum atomic E-state index is 13.4. The highest BCUT2D eigenvalue weighted by Gasteiger charge is 2.17. The molecule has 0 saturated carbocycles. The van der Waals surface area contributed by atoms with Crippen molar-refractivity contribution in [2.45, 2.75) is 39.9 Å². The molecular weight excluding hydrogens is 500 g/mol. The maximum Gasteiger partial charge on any atom is 0.331 e. The van der Waals surface area contributed by atoms with E-state index in [-0.39, 0.29) is 44.1 Å². The number of nitrogens with zero attached hydrogens (tertiary/aromatic N) is 2. The molecule has 39 heavy (non-hydrogen) atoms. The van der Waals surface area contributed by atoms with E-state index in [1.165, 1.54) is 4.57 Å². The maximum absolute atomic E-state index is 13.4. The standard InChI is InChI=1S/C29H28N4O6/c1-18-7-8-19(2)22(13-18)31-27(35)16-33-23-6-4-3-5-21(23)28(36)32(29(33)37)12-11-26(34)30-15-20-9-10-24-25(14-20)39-17-38-24/h3-10,13-14H,11-12,15-17H2,1-2H3,(H,30,34)(H,31,35). The minimum Gasteiger partial charge on any atom is -0.454 e. The number of para-hydroxylation sites is 1. The summed E-state index contributed by atoms with van der Waals surface area (Å²) in [5, 5.41) is 5.94. The summed E-state index contributed by atoms with van der Waals surface area (Å²) in [5.41, 5.74) is 2.56. The quantitative estimate of drug-likeness (QED) is 0.363. The van der Waals surface area contributed by atoms with Crippen LogP contribution >= 0.6 is 0 Å². The summed E-state index contributed by atoms with van der Waals surface area (Å²) in [5.74, 6) is 0.542. The molecule has 5 rings (SSSR count). The smallest absolute Gasteiger partial charge is 0.331 e. The monoisotopic (exact) mass is 528 g/mol. The number of carbonyl (C=O) groups excluding carboxylic acids is 2. The van der Waals surface area contributed by atoms with Crippen molar-refractivity contribution in [2.75, 3.05) is 12.1 Å². The average molecular weight is 529 g/mol. The van der Waals surface area contributed by atoms with Crippen LogP contribution in [0.5, 0.6) is 11.5 Å². The second-order valence-corrected chi connectivity index (χ2v) is 9.42. The summed E-state index contributed by atoms with van der Waals surface area (Å²) in [7, 11) is 0. The van der Waals surface area contributed by atoms with E-state index in [1.54, 1.807) is 36.4 Å². The lowest BCUT2D eigenvalue weighted by Crippen LogP contribution is -2.42. The molecule has 1 aliphatic rings. The van der Waals surface area contributed by atoms with E-state index in [2.05, 4.69) is 10.6 Å². The lowest BCUT2D eigenvalue weighted by molar-refractivity contribution is -0.121. The Balaban J connectivity index is 1.33. The summed E-state index contributed by atoms with van der Waals surface area (Å²) >= 11 is 0. The van der Waals surface area contributed by atoms with Gasteiger partial charge in [-0.2, -0.15) is 0 Å². The fourth-order valence-corrected chi connectivity index (χ4v) is 4.48. The van der Waals surface area contributed by atoms with Gasteiger partial charge >= 0.3 is 5.69 Å². The topological polar surface area (TPSA) is 121 Å². The van der Waals surface area contributed by atoms with Crippen molar-refractivity contribution in [1.82, 2.24) is 14.5 Å². The number of amides is 2. The molecule has 0 radical (unpaired) electrons. The predicted octanol–water partition coefficient (Wildman–Crippen LogP) is 2.85. The van der Waals surface area contributed by atoms with Gasteiger partial charge in [-0.15, -0.1) is 0 Å². The first-order valence-corrected chi connectivity index (χ1v) is 12.5. The number of nitrogens with one attached hydrogen (secondary N) is 2. The van der Waals surface area contributed by atoms with Crippen LogP contribution in [-0.4, -0.2) is 27.7 Å². The highest BCUT2D eigenvalue weighted by molar-refractivity contribution is 5.92. The third-order valence-electron chi connectivity index (χ3n) is 6.59. The van der Waals surface area contributed by atoms with Gasteiger partial charge in [0, 0.05) is 25.2 Å². The van der Waals surface area contributed by atoms with Crippen LogP contribution in [0.1, 0.15) is 23.1 Å². The molecule has 0 fully saturated rings. The van der Waals surface area contributed by atoms with Gasteiger partial charge in [0.2, 0.25) is 18.6 Å². The number of benzene rings is 3. The number of carbonyl (C=O) groups is 2. The normalized spacial score (nSPS) is 11.9. The molecule has 10 heteroatoms. The molecule has 2 N–H and O–H groups in total. The minimum absolute atomic E-state index is 0.0906. The summed E-state index contributed by atoms with van der Waals surface area (Å²) in [4.78, 5) is 52.1. The van der Waals surface area contributed by atoms with Crippen LogP contribution in [-0.2, 0) is 29.2 Å². The number of anilines is 1. The zero-order chi connectivity index (χ0) is 27.5. The first-order valence-electron chi connectivity index (χ1n) is 12.5. The Labute approximate surface area is 223 Å². The van der Waals surface area contributed by atoms with E-state index in [0.717, 1.165) is 21.3 Å². The zero-order valence-electron chi connectivity index (χ0n) is 21.7. The number of fused-ring (bicyclic) bond motifs is 2. The van der Waals surface area contributed by atoms with Gasteiger partial charge in [-0.3, -0.25) is 23.5 Å². The Morgan fingerprint density at radius 1 is 0.897 bits per heavy atom. The molecule has 2 amide bonds. The Hall–Kier alpha value is -4.86. The van der Waals surface area contributed by atoms with Crippen LogP contribution in [0, 0.1) is 13.8 Å².